The van der Waals surface area contributed by atoms with Crippen LogP contribution < -0.4 is 0 Å². The van der Waals surface area contributed by atoms with Crippen molar-refractivity contribution >= 4 is 0 Å². The smallest absolute Gasteiger partial charge is 0.0238 e. The van der Waals surface area contributed by atoms with Crippen molar-refractivity contribution in [3.05, 3.63) is 0 Å². The van der Waals surface area contributed by atoms with E-state index in [1.807, 2.05) is 13.8 Å². The van der Waals surface area contributed by atoms with Crippen LogP contribution in [0.25, 0.3) is 0 Å². The molecule has 0 N–H and O–H groups in total. The van der Waals surface area contributed by atoms with E-state index in [0.29, 0.717) is 0 Å². The van der Waals surface area contributed by atoms with Gasteiger partial charge in [0, 0.05) is 0 Å². The van der Waals surface area contributed by atoms with Gasteiger partial charge in [-0.3, -0.25) is 0 Å². The Balaban J connectivity index is 0.000000704. The van der Waals surface area contributed by atoms with Crippen molar-refractivity contribution in [1.82, 2.24) is 0 Å². The molecule has 0 aliphatic heterocycles. The summed E-state index contributed by atoms with van der Waals surface area (Å²) >= 11 is 0. The molecule has 0 aromatic carbocycles. The van der Waals surface area contributed by atoms with Gasteiger partial charge >= 0.3 is 0 Å². The summed E-state index contributed by atoms with van der Waals surface area (Å²) in [5.41, 5.74) is 1.59. The zero-order valence-corrected chi connectivity index (χ0v) is 16.8. The van der Waals surface area contributed by atoms with E-state index in [0.717, 1.165) is 40.4 Å². The van der Waals surface area contributed by atoms with Gasteiger partial charge in [0.05, 0.1) is 0 Å². The number of rotatable bonds is 0. The molecule has 0 aromatic heterocycles. The summed E-state index contributed by atoms with van der Waals surface area (Å²) in [5.74, 6) is 5.64. The van der Waals surface area contributed by atoms with Crippen molar-refractivity contribution in [1.29, 1.82) is 0 Å². The van der Waals surface area contributed by atoms with Crippen LogP contribution in [0.15, 0.2) is 0 Å². The second-order valence-electron chi connectivity index (χ2n) is 10.2. The molecule has 0 heteroatoms. The standard InChI is InChI=1S/C22H36.C2H6/c1-21-13-4-2-6-16(21)8-10-18-19(21)12-15-22-14-5-3-7-17(22)9-11-20(18)22;1-2/h16-20H,2-15H2,1H3;1-2H3/t16?,17-,18?,19?,20?,21?,22+;/m0./s1. The molecule has 0 nitrogen and oxygen atoms in total. The van der Waals surface area contributed by atoms with Crippen LogP contribution in [0, 0.1) is 40.4 Å². The second kappa shape index (κ2) is 6.62. The highest BCUT2D eigenvalue weighted by atomic mass is 14.7. The zero-order chi connectivity index (χ0) is 16.8. The Kier molecular flexibility index (Phi) is 4.81. The maximum atomic E-state index is 2.74. The Labute approximate surface area is 151 Å². The van der Waals surface area contributed by atoms with Crippen molar-refractivity contribution in [3.63, 3.8) is 0 Å². The first-order valence-corrected chi connectivity index (χ1v) is 11.7. The molecule has 0 radical (unpaired) electrons. The van der Waals surface area contributed by atoms with Crippen LogP contribution in [-0.4, -0.2) is 0 Å². The molecule has 0 aromatic rings. The summed E-state index contributed by atoms with van der Waals surface area (Å²) in [6, 6.07) is 0. The van der Waals surface area contributed by atoms with Gasteiger partial charge in [-0.05, 0) is 105 Å². The van der Waals surface area contributed by atoms with E-state index < -0.39 is 0 Å². The van der Waals surface area contributed by atoms with E-state index in [1.54, 1.807) is 77.0 Å². The number of hydrogen-bond acceptors (Lipinski definition) is 0. The van der Waals surface area contributed by atoms with Crippen LogP contribution in [0.2, 0.25) is 0 Å². The van der Waals surface area contributed by atoms with E-state index >= 15 is 0 Å². The highest BCUT2D eigenvalue weighted by molar-refractivity contribution is 5.10. The minimum absolute atomic E-state index is 0.746. The SMILES string of the molecule is CC.CC12CCCCC1CCC1C2CC[C@]23CCCC[C@H]2CCC13. The molecule has 5 rings (SSSR count). The van der Waals surface area contributed by atoms with Gasteiger partial charge in [0.1, 0.15) is 0 Å². The van der Waals surface area contributed by atoms with Crippen LogP contribution in [-0.2, 0) is 0 Å². The van der Waals surface area contributed by atoms with E-state index in [2.05, 4.69) is 6.92 Å². The molecular weight excluding hydrogens is 288 g/mol. The molecule has 0 bridgehead atoms. The molecule has 5 unspecified atom stereocenters. The Morgan fingerprint density at radius 2 is 1.29 bits per heavy atom. The van der Waals surface area contributed by atoms with Crippen molar-refractivity contribution in [2.24, 2.45) is 40.4 Å². The zero-order valence-electron chi connectivity index (χ0n) is 16.8. The normalized spacial score (nSPS) is 52.9. The first kappa shape index (κ1) is 17.4. The van der Waals surface area contributed by atoms with Gasteiger partial charge in [-0.25, -0.2) is 0 Å². The van der Waals surface area contributed by atoms with Crippen LogP contribution >= 0.6 is 0 Å². The Morgan fingerprint density at radius 1 is 0.583 bits per heavy atom. The molecule has 5 saturated carbocycles. The third-order valence-corrected chi connectivity index (χ3v) is 9.92. The fourth-order valence-corrected chi connectivity index (χ4v) is 9.01. The summed E-state index contributed by atoms with van der Waals surface area (Å²) in [6.45, 7) is 6.74. The fourth-order valence-electron chi connectivity index (χ4n) is 9.01. The van der Waals surface area contributed by atoms with Crippen molar-refractivity contribution in [3.8, 4) is 0 Å². The van der Waals surface area contributed by atoms with Crippen molar-refractivity contribution < 1.29 is 0 Å². The molecule has 7 atom stereocenters. The first-order valence-electron chi connectivity index (χ1n) is 11.7. The summed E-state index contributed by atoms with van der Waals surface area (Å²) in [7, 11) is 0. The molecule has 24 heavy (non-hydrogen) atoms. The van der Waals surface area contributed by atoms with Crippen molar-refractivity contribution in [2.45, 2.75) is 111 Å². The molecule has 0 amide bonds. The maximum absolute atomic E-state index is 2.74. The second-order valence-corrected chi connectivity index (χ2v) is 10.2. The van der Waals surface area contributed by atoms with Gasteiger partial charge in [0.2, 0.25) is 0 Å². The minimum atomic E-state index is 0.746. The molecule has 5 aliphatic carbocycles. The van der Waals surface area contributed by atoms with Gasteiger partial charge in [-0.15, -0.1) is 0 Å². The molecule has 0 heterocycles. The van der Waals surface area contributed by atoms with Crippen LogP contribution in [0.3, 0.4) is 0 Å². The monoisotopic (exact) mass is 330 g/mol. The molecule has 5 fully saturated rings. The first-order chi connectivity index (χ1) is 11.7. The lowest BCUT2D eigenvalue weighted by Gasteiger charge is -2.61. The molecule has 1 spiro atoms. The third kappa shape index (κ3) is 2.37. The highest BCUT2D eigenvalue weighted by Gasteiger charge is 2.61. The Morgan fingerprint density at radius 3 is 2.12 bits per heavy atom. The molecule has 0 saturated heterocycles. The highest BCUT2D eigenvalue weighted by Crippen LogP contribution is 2.70. The predicted molar refractivity (Wildman–Crippen MR) is 104 cm³/mol. The average molecular weight is 331 g/mol. The quantitative estimate of drug-likeness (QED) is 0.428. The van der Waals surface area contributed by atoms with Crippen LogP contribution in [0.4, 0.5) is 0 Å². The predicted octanol–water partition coefficient (Wildman–Crippen LogP) is 7.62. The van der Waals surface area contributed by atoms with E-state index in [-0.39, 0.29) is 0 Å². The topological polar surface area (TPSA) is 0 Å². The summed E-state index contributed by atoms with van der Waals surface area (Å²) in [6.07, 6.45) is 22.2. The van der Waals surface area contributed by atoms with Crippen molar-refractivity contribution in [2.75, 3.05) is 0 Å². The lowest BCUT2D eigenvalue weighted by Crippen LogP contribution is -2.53. The van der Waals surface area contributed by atoms with Gasteiger partial charge in [0.25, 0.3) is 0 Å². The largest absolute Gasteiger partial charge is 0.0683 e. The Hall–Kier alpha value is 0. The van der Waals surface area contributed by atoms with Gasteiger partial charge < -0.3 is 0 Å². The average Bonchev–Trinajstić information content (AvgIpc) is 3.02. The van der Waals surface area contributed by atoms with E-state index in [9.17, 15) is 0 Å². The Bertz CT molecular complexity index is 435. The van der Waals surface area contributed by atoms with Gasteiger partial charge in [0.15, 0.2) is 0 Å². The lowest BCUT2D eigenvalue weighted by atomic mass is 9.43. The molecule has 5 aliphatic rings. The van der Waals surface area contributed by atoms with E-state index in [4.69, 9.17) is 0 Å². The number of hydrogen-bond donors (Lipinski definition) is 0. The summed E-state index contributed by atoms with van der Waals surface area (Å²) in [5, 5.41) is 0. The van der Waals surface area contributed by atoms with E-state index in [1.165, 1.54) is 12.8 Å². The van der Waals surface area contributed by atoms with Crippen LogP contribution in [0.5, 0.6) is 0 Å². The van der Waals surface area contributed by atoms with Crippen LogP contribution in [0.1, 0.15) is 111 Å². The molecule has 138 valence electrons. The fraction of sp³-hybridized carbons (Fsp3) is 1.00. The summed E-state index contributed by atoms with van der Waals surface area (Å²) < 4.78 is 0. The summed E-state index contributed by atoms with van der Waals surface area (Å²) in [4.78, 5) is 0. The van der Waals surface area contributed by atoms with Gasteiger partial charge in [-0.2, -0.15) is 0 Å². The number of fused-ring (bicyclic) bond motifs is 4. The third-order valence-electron chi connectivity index (χ3n) is 9.92. The van der Waals surface area contributed by atoms with Gasteiger partial charge in [-0.1, -0.05) is 46.5 Å². The lowest BCUT2D eigenvalue weighted by molar-refractivity contribution is -0.123. The molecular formula is C24H42. The maximum Gasteiger partial charge on any atom is -0.0238 e. The minimum Gasteiger partial charge on any atom is -0.0683 e.